The van der Waals surface area contributed by atoms with Crippen molar-refractivity contribution < 1.29 is 14.4 Å². The zero-order valence-corrected chi connectivity index (χ0v) is 14.7. The Bertz CT molecular complexity index is 941. The highest BCUT2D eigenvalue weighted by atomic mass is 16.2. The van der Waals surface area contributed by atoms with Crippen LogP contribution in [0.25, 0.3) is 11.1 Å². The number of nitrogens with one attached hydrogen (secondary N) is 3. The molecule has 0 atom stereocenters. The molecule has 2 aromatic rings. The van der Waals surface area contributed by atoms with Crippen LogP contribution in [0.4, 0.5) is 0 Å². The molecule has 27 heavy (non-hydrogen) atoms. The standard InChI is InChI=1S/C21H19N3O3/c25-19-12-15-5-3-7-17(11-15)18-9-2-1-6-16(18)8-4-10-22-20(26)13-24-21(27)14-23-19/h1-3,5-7,9,11H,10,12-14H2,(H,22,26)(H,23,25)(H,24,27). The Balaban J connectivity index is 1.93. The lowest BCUT2D eigenvalue weighted by Crippen LogP contribution is -2.42. The molecule has 0 aromatic heterocycles. The van der Waals surface area contributed by atoms with E-state index in [-0.39, 0.29) is 37.9 Å². The van der Waals surface area contributed by atoms with E-state index >= 15 is 0 Å². The molecule has 0 saturated heterocycles. The largest absolute Gasteiger partial charge is 0.347 e. The molecule has 0 fully saturated rings. The number of carbonyl (C=O) groups is 3. The minimum Gasteiger partial charge on any atom is -0.347 e. The molecule has 2 aromatic carbocycles. The van der Waals surface area contributed by atoms with Crippen LogP contribution in [0.3, 0.4) is 0 Å². The van der Waals surface area contributed by atoms with E-state index in [1.807, 2.05) is 48.5 Å². The fourth-order valence-electron chi connectivity index (χ4n) is 2.71. The molecule has 0 saturated carbocycles. The monoisotopic (exact) mass is 361 g/mol. The Morgan fingerprint density at radius 2 is 1.52 bits per heavy atom. The molecule has 2 bridgehead atoms. The number of benzene rings is 2. The first-order valence-electron chi connectivity index (χ1n) is 8.59. The van der Waals surface area contributed by atoms with Crippen molar-refractivity contribution in [3.05, 3.63) is 59.7 Å². The van der Waals surface area contributed by atoms with Gasteiger partial charge in [0.15, 0.2) is 0 Å². The van der Waals surface area contributed by atoms with E-state index in [0.29, 0.717) is 0 Å². The smallest absolute Gasteiger partial charge is 0.240 e. The van der Waals surface area contributed by atoms with Gasteiger partial charge >= 0.3 is 0 Å². The number of rotatable bonds is 0. The van der Waals surface area contributed by atoms with Crippen molar-refractivity contribution in [2.24, 2.45) is 0 Å². The minimum atomic E-state index is -0.421. The van der Waals surface area contributed by atoms with Gasteiger partial charge in [0.2, 0.25) is 17.7 Å². The molecule has 1 aliphatic rings. The molecule has 0 radical (unpaired) electrons. The highest BCUT2D eigenvalue weighted by Crippen LogP contribution is 2.24. The summed E-state index contributed by atoms with van der Waals surface area (Å²) in [6.07, 6.45) is 0.162. The molecule has 6 heteroatoms. The Hall–Kier alpha value is -3.59. The third-order valence-corrected chi connectivity index (χ3v) is 4.02. The van der Waals surface area contributed by atoms with Crippen molar-refractivity contribution in [3.8, 4) is 23.0 Å². The van der Waals surface area contributed by atoms with Crippen molar-refractivity contribution in [3.63, 3.8) is 0 Å². The van der Waals surface area contributed by atoms with E-state index in [1.54, 1.807) is 0 Å². The lowest BCUT2D eigenvalue weighted by Gasteiger charge is -2.09. The van der Waals surface area contributed by atoms with Crippen molar-refractivity contribution in [2.75, 3.05) is 19.6 Å². The maximum absolute atomic E-state index is 12.1. The topological polar surface area (TPSA) is 87.3 Å². The zero-order chi connectivity index (χ0) is 19.1. The van der Waals surface area contributed by atoms with Gasteiger partial charge in [-0.05, 0) is 22.8 Å². The van der Waals surface area contributed by atoms with E-state index in [1.165, 1.54) is 0 Å². The quantitative estimate of drug-likeness (QED) is 0.601. The highest BCUT2D eigenvalue weighted by molar-refractivity contribution is 5.89. The van der Waals surface area contributed by atoms with Gasteiger partial charge in [0.25, 0.3) is 0 Å². The van der Waals surface area contributed by atoms with Gasteiger partial charge in [-0.3, -0.25) is 14.4 Å². The summed E-state index contributed by atoms with van der Waals surface area (Å²) in [7, 11) is 0. The fourth-order valence-corrected chi connectivity index (χ4v) is 2.71. The van der Waals surface area contributed by atoms with Gasteiger partial charge in [-0.2, -0.15) is 0 Å². The lowest BCUT2D eigenvalue weighted by atomic mass is 9.97. The number of amides is 3. The van der Waals surface area contributed by atoms with Crippen molar-refractivity contribution >= 4 is 17.7 Å². The SMILES string of the molecule is O=C1CNC(=O)CNC(=O)Cc2cccc(c2)-c2ccccc2C#CCN1. The van der Waals surface area contributed by atoms with Gasteiger partial charge in [-0.15, -0.1) is 0 Å². The van der Waals surface area contributed by atoms with E-state index in [4.69, 9.17) is 0 Å². The van der Waals surface area contributed by atoms with Crippen LogP contribution in [0.15, 0.2) is 48.5 Å². The van der Waals surface area contributed by atoms with Crippen LogP contribution in [-0.2, 0) is 20.8 Å². The Kier molecular flexibility index (Phi) is 5.85. The van der Waals surface area contributed by atoms with Crippen LogP contribution < -0.4 is 16.0 Å². The zero-order valence-electron chi connectivity index (χ0n) is 14.7. The average Bonchev–Trinajstić information content (AvgIpc) is 2.68. The molecule has 3 N–H and O–H groups in total. The molecule has 1 heterocycles. The van der Waals surface area contributed by atoms with Gasteiger partial charge in [-0.1, -0.05) is 54.3 Å². The van der Waals surface area contributed by atoms with Gasteiger partial charge in [0.1, 0.15) is 0 Å². The first kappa shape index (κ1) is 18.2. The van der Waals surface area contributed by atoms with Crippen molar-refractivity contribution in [1.82, 2.24) is 16.0 Å². The molecular formula is C21H19N3O3. The Morgan fingerprint density at radius 3 is 2.37 bits per heavy atom. The van der Waals surface area contributed by atoms with Crippen LogP contribution in [-0.4, -0.2) is 37.4 Å². The van der Waals surface area contributed by atoms with Gasteiger partial charge in [-0.25, -0.2) is 0 Å². The van der Waals surface area contributed by atoms with Crippen LogP contribution in [0, 0.1) is 11.8 Å². The van der Waals surface area contributed by atoms with E-state index in [2.05, 4.69) is 27.8 Å². The number of carbonyl (C=O) groups excluding carboxylic acids is 3. The summed E-state index contributed by atoms with van der Waals surface area (Å²) in [6, 6.07) is 15.4. The lowest BCUT2D eigenvalue weighted by molar-refractivity contribution is -0.127. The molecule has 3 rings (SSSR count). The average molecular weight is 361 g/mol. The van der Waals surface area contributed by atoms with Crippen LogP contribution >= 0.6 is 0 Å². The second-order valence-electron chi connectivity index (χ2n) is 6.05. The third kappa shape index (κ3) is 5.19. The molecular weight excluding hydrogens is 342 g/mol. The summed E-state index contributed by atoms with van der Waals surface area (Å²) >= 11 is 0. The normalized spacial score (nSPS) is 15.2. The van der Waals surface area contributed by atoms with Crippen molar-refractivity contribution in [1.29, 1.82) is 0 Å². The molecule has 6 nitrogen and oxygen atoms in total. The summed E-state index contributed by atoms with van der Waals surface area (Å²) in [4.78, 5) is 35.5. The Labute approximate surface area is 157 Å². The Morgan fingerprint density at radius 1 is 0.778 bits per heavy atom. The predicted molar refractivity (Wildman–Crippen MR) is 101 cm³/mol. The molecule has 0 aliphatic carbocycles. The first-order chi connectivity index (χ1) is 13.1. The van der Waals surface area contributed by atoms with Crippen molar-refractivity contribution in [2.45, 2.75) is 6.42 Å². The second-order valence-corrected chi connectivity index (χ2v) is 6.05. The maximum atomic E-state index is 12.1. The first-order valence-corrected chi connectivity index (χ1v) is 8.59. The second kappa shape index (κ2) is 8.68. The number of hydrogen-bond acceptors (Lipinski definition) is 3. The molecule has 3 amide bonds. The number of hydrogen-bond donors (Lipinski definition) is 3. The fraction of sp³-hybridized carbons (Fsp3) is 0.190. The van der Waals surface area contributed by atoms with Crippen LogP contribution in [0.5, 0.6) is 0 Å². The number of fused-ring (bicyclic) bond motifs is 4. The maximum Gasteiger partial charge on any atom is 0.240 e. The van der Waals surface area contributed by atoms with E-state index in [9.17, 15) is 14.4 Å². The minimum absolute atomic E-state index is 0.159. The van der Waals surface area contributed by atoms with E-state index < -0.39 is 5.91 Å². The molecule has 0 spiro atoms. The third-order valence-electron chi connectivity index (χ3n) is 4.02. The van der Waals surface area contributed by atoms with Crippen LogP contribution in [0.2, 0.25) is 0 Å². The summed E-state index contributed by atoms with van der Waals surface area (Å²) in [5.41, 5.74) is 3.59. The molecule has 0 unspecified atom stereocenters. The highest BCUT2D eigenvalue weighted by Gasteiger charge is 2.10. The summed E-state index contributed by atoms with van der Waals surface area (Å²) in [5.74, 6) is 4.98. The van der Waals surface area contributed by atoms with Gasteiger partial charge < -0.3 is 16.0 Å². The summed E-state index contributed by atoms with van der Waals surface area (Å²) < 4.78 is 0. The predicted octanol–water partition coefficient (Wildman–Crippen LogP) is 0.610. The van der Waals surface area contributed by atoms with Gasteiger partial charge in [0, 0.05) is 5.56 Å². The van der Waals surface area contributed by atoms with Gasteiger partial charge in [0.05, 0.1) is 26.1 Å². The summed E-state index contributed by atoms with van der Waals surface area (Å²) in [6.45, 7) is -0.151. The van der Waals surface area contributed by atoms with E-state index in [0.717, 1.165) is 22.3 Å². The summed E-state index contributed by atoms with van der Waals surface area (Å²) in [5, 5.41) is 7.64. The van der Waals surface area contributed by atoms with Crippen LogP contribution in [0.1, 0.15) is 11.1 Å². The molecule has 136 valence electrons. The molecule has 1 aliphatic heterocycles.